The summed E-state index contributed by atoms with van der Waals surface area (Å²) >= 11 is 6.15. The van der Waals surface area contributed by atoms with Gasteiger partial charge in [0.15, 0.2) is 0 Å². The van der Waals surface area contributed by atoms with Crippen LogP contribution in [0.1, 0.15) is 11.1 Å². The molecule has 0 radical (unpaired) electrons. The molecule has 2 aromatic carbocycles. The summed E-state index contributed by atoms with van der Waals surface area (Å²) in [5.74, 6) is -0.470. The molecule has 0 saturated heterocycles. The van der Waals surface area contributed by atoms with E-state index in [0.717, 1.165) is 16.8 Å². The summed E-state index contributed by atoms with van der Waals surface area (Å²) in [5.41, 5.74) is 8.69. The molecule has 22 heavy (non-hydrogen) atoms. The van der Waals surface area contributed by atoms with E-state index >= 15 is 0 Å². The minimum absolute atomic E-state index is 0.0659. The monoisotopic (exact) mass is 315 g/mol. The van der Waals surface area contributed by atoms with Crippen molar-refractivity contribution in [2.45, 2.75) is 0 Å². The maximum atomic E-state index is 11.1. The topological polar surface area (TPSA) is 58.7 Å². The predicted molar refractivity (Wildman–Crippen MR) is 91.9 cm³/mol. The van der Waals surface area contributed by atoms with E-state index < -0.39 is 5.91 Å². The van der Waals surface area contributed by atoms with E-state index in [0.29, 0.717) is 10.7 Å². The molecule has 0 bridgehead atoms. The fourth-order valence-electron chi connectivity index (χ4n) is 2.17. The van der Waals surface area contributed by atoms with Crippen molar-refractivity contribution in [2.24, 2.45) is 10.7 Å². The van der Waals surface area contributed by atoms with Crippen LogP contribution in [0.25, 0.3) is 0 Å². The Hall–Kier alpha value is -2.33. The minimum Gasteiger partial charge on any atom is -0.377 e. The Kier molecular flexibility index (Phi) is 5.17. The summed E-state index contributed by atoms with van der Waals surface area (Å²) in [5, 5.41) is 0.614. The van der Waals surface area contributed by atoms with Crippen LogP contribution in [0.2, 0.25) is 5.02 Å². The number of nitrogens with zero attached hydrogens (tertiary/aromatic N) is 2. The normalized spacial score (nSPS) is 11.3. The minimum atomic E-state index is -0.470. The van der Waals surface area contributed by atoms with Gasteiger partial charge in [-0.3, -0.25) is 9.79 Å². The molecule has 2 rings (SSSR count). The largest absolute Gasteiger partial charge is 0.377 e. The van der Waals surface area contributed by atoms with Gasteiger partial charge < -0.3 is 10.6 Å². The second kappa shape index (κ2) is 7.09. The standard InChI is InChI=1S/C17H18ClN3O/c1-21(2)15-9-8-13(18)10-14(15)17(20-11-16(19)22)12-6-4-3-5-7-12/h3-10H,11H2,1-2H3,(H2,19,22). The Labute approximate surface area is 135 Å². The van der Waals surface area contributed by atoms with Crippen LogP contribution < -0.4 is 10.6 Å². The number of rotatable bonds is 5. The number of amides is 1. The van der Waals surface area contributed by atoms with Gasteiger partial charge in [0.25, 0.3) is 0 Å². The van der Waals surface area contributed by atoms with Crippen molar-refractivity contribution in [1.82, 2.24) is 0 Å². The Morgan fingerprint density at radius 2 is 1.86 bits per heavy atom. The average molecular weight is 316 g/mol. The highest BCUT2D eigenvalue weighted by Crippen LogP contribution is 2.26. The van der Waals surface area contributed by atoms with Gasteiger partial charge in [0.1, 0.15) is 6.54 Å². The maximum absolute atomic E-state index is 11.1. The molecule has 0 aromatic heterocycles. The molecule has 0 aliphatic rings. The molecule has 1 amide bonds. The molecule has 0 aliphatic carbocycles. The first-order valence-corrected chi connectivity index (χ1v) is 7.22. The molecular formula is C17H18ClN3O. The molecule has 0 fully saturated rings. The zero-order valence-electron chi connectivity index (χ0n) is 12.6. The van der Waals surface area contributed by atoms with Crippen LogP contribution in [-0.2, 0) is 4.79 Å². The first-order chi connectivity index (χ1) is 10.5. The molecule has 0 unspecified atom stereocenters. The summed E-state index contributed by atoms with van der Waals surface area (Å²) < 4.78 is 0. The zero-order valence-corrected chi connectivity index (χ0v) is 13.3. The van der Waals surface area contributed by atoms with E-state index in [1.807, 2.05) is 67.5 Å². The van der Waals surface area contributed by atoms with E-state index in [1.165, 1.54) is 0 Å². The SMILES string of the molecule is CN(C)c1ccc(Cl)cc1C(=NCC(N)=O)c1ccccc1. The molecule has 5 heteroatoms. The molecule has 0 spiro atoms. The van der Waals surface area contributed by atoms with Crippen LogP contribution in [0.3, 0.4) is 0 Å². The number of hydrogen-bond donors (Lipinski definition) is 1. The average Bonchev–Trinajstić information content (AvgIpc) is 2.48. The zero-order chi connectivity index (χ0) is 16.1. The van der Waals surface area contributed by atoms with Gasteiger partial charge in [-0.15, -0.1) is 0 Å². The van der Waals surface area contributed by atoms with Crippen molar-refractivity contribution in [3.8, 4) is 0 Å². The van der Waals surface area contributed by atoms with Gasteiger partial charge in [0, 0.05) is 35.9 Å². The summed E-state index contributed by atoms with van der Waals surface area (Å²) in [6.45, 7) is -0.0659. The highest BCUT2D eigenvalue weighted by molar-refractivity contribution is 6.31. The molecule has 2 aromatic rings. The van der Waals surface area contributed by atoms with Gasteiger partial charge in [-0.2, -0.15) is 0 Å². The van der Waals surface area contributed by atoms with E-state index in [4.69, 9.17) is 17.3 Å². The van der Waals surface area contributed by atoms with Gasteiger partial charge in [-0.1, -0.05) is 41.9 Å². The molecule has 4 nitrogen and oxygen atoms in total. The van der Waals surface area contributed by atoms with Crippen molar-refractivity contribution in [2.75, 3.05) is 25.5 Å². The van der Waals surface area contributed by atoms with E-state index in [1.54, 1.807) is 0 Å². The highest BCUT2D eigenvalue weighted by Gasteiger charge is 2.14. The van der Waals surface area contributed by atoms with Crippen LogP contribution in [0.5, 0.6) is 0 Å². The third-order valence-electron chi connectivity index (χ3n) is 3.14. The fraction of sp³-hybridized carbons (Fsp3) is 0.176. The Balaban J connectivity index is 2.62. The smallest absolute Gasteiger partial charge is 0.239 e. The molecular weight excluding hydrogens is 298 g/mol. The molecule has 2 N–H and O–H groups in total. The summed E-state index contributed by atoms with van der Waals surface area (Å²) in [7, 11) is 3.90. The number of nitrogens with two attached hydrogens (primary N) is 1. The van der Waals surface area contributed by atoms with E-state index in [2.05, 4.69) is 4.99 Å². The molecule has 114 valence electrons. The van der Waals surface area contributed by atoms with Gasteiger partial charge in [-0.05, 0) is 18.2 Å². The number of carbonyl (C=O) groups excluding carboxylic acids is 1. The van der Waals surface area contributed by atoms with Crippen LogP contribution in [0, 0.1) is 0 Å². The quantitative estimate of drug-likeness (QED) is 0.862. The number of hydrogen-bond acceptors (Lipinski definition) is 3. The van der Waals surface area contributed by atoms with Crippen LogP contribution >= 0.6 is 11.6 Å². The lowest BCUT2D eigenvalue weighted by Crippen LogP contribution is -2.18. The summed E-state index contributed by atoms with van der Waals surface area (Å²) in [6.07, 6.45) is 0. The van der Waals surface area contributed by atoms with Gasteiger partial charge in [0.2, 0.25) is 5.91 Å². The van der Waals surface area contributed by atoms with Crippen molar-refractivity contribution >= 4 is 28.9 Å². The number of primary amides is 1. The van der Waals surface area contributed by atoms with Crippen molar-refractivity contribution < 1.29 is 4.79 Å². The molecule has 0 heterocycles. The summed E-state index contributed by atoms with van der Waals surface area (Å²) in [6, 6.07) is 15.3. The highest BCUT2D eigenvalue weighted by atomic mass is 35.5. The summed E-state index contributed by atoms with van der Waals surface area (Å²) in [4.78, 5) is 17.5. The van der Waals surface area contributed by atoms with Crippen molar-refractivity contribution in [3.05, 3.63) is 64.7 Å². The fourth-order valence-corrected chi connectivity index (χ4v) is 2.34. The number of benzene rings is 2. The van der Waals surface area contributed by atoms with Crippen LogP contribution in [-0.4, -0.2) is 32.3 Å². The first-order valence-electron chi connectivity index (χ1n) is 6.84. The predicted octanol–water partition coefficient (Wildman–Crippen LogP) is 2.73. The molecule has 0 atom stereocenters. The number of anilines is 1. The van der Waals surface area contributed by atoms with Crippen molar-refractivity contribution in [1.29, 1.82) is 0 Å². The lowest BCUT2D eigenvalue weighted by atomic mass is 10.00. The van der Waals surface area contributed by atoms with Gasteiger partial charge >= 0.3 is 0 Å². The Morgan fingerprint density at radius 1 is 1.18 bits per heavy atom. The maximum Gasteiger partial charge on any atom is 0.239 e. The third kappa shape index (κ3) is 3.86. The van der Waals surface area contributed by atoms with Gasteiger partial charge in [-0.25, -0.2) is 0 Å². The first kappa shape index (κ1) is 16.0. The Morgan fingerprint density at radius 3 is 2.45 bits per heavy atom. The lowest BCUT2D eigenvalue weighted by Gasteiger charge is -2.19. The molecule has 0 saturated carbocycles. The Bertz CT molecular complexity index is 696. The van der Waals surface area contributed by atoms with Gasteiger partial charge in [0.05, 0.1) is 5.71 Å². The number of aliphatic imine (C=N–C) groups is 1. The number of carbonyl (C=O) groups is 1. The van der Waals surface area contributed by atoms with E-state index in [-0.39, 0.29) is 6.54 Å². The number of halogens is 1. The third-order valence-corrected chi connectivity index (χ3v) is 3.37. The van der Waals surface area contributed by atoms with Crippen molar-refractivity contribution in [3.63, 3.8) is 0 Å². The van der Waals surface area contributed by atoms with Crippen LogP contribution in [0.4, 0.5) is 5.69 Å². The molecule has 0 aliphatic heterocycles. The second-order valence-corrected chi connectivity index (χ2v) is 5.49. The second-order valence-electron chi connectivity index (χ2n) is 5.05. The van der Waals surface area contributed by atoms with E-state index in [9.17, 15) is 4.79 Å². The lowest BCUT2D eigenvalue weighted by molar-refractivity contribution is -0.116. The van der Waals surface area contributed by atoms with Crippen LogP contribution in [0.15, 0.2) is 53.5 Å².